The van der Waals surface area contributed by atoms with Crippen molar-refractivity contribution >= 4 is 5.82 Å². The lowest BCUT2D eigenvalue weighted by Gasteiger charge is -1.97. The molecule has 0 fully saturated rings. The molecule has 0 aromatic carbocycles. The number of anilines is 1. The molecule has 5 nitrogen and oxygen atoms in total. The van der Waals surface area contributed by atoms with Gasteiger partial charge in [0.05, 0.1) is 5.69 Å². The summed E-state index contributed by atoms with van der Waals surface area (Å²) in [5.41, 5.74) is 7.68. The Bertz CT molecular complexity index is 494. The van der Waals surface area contributed by atoms with Gasteiger partial charge in [-0.05, 0) is 11.6 Å². The second-order valence-corrected chi connectivity index (χ2v) is 3.11. The summed E-state index contributed by atoms with van der Waals surface area (Å²) in [5, 5.41) is 15.4. The van der Waals surface area contributed by atoms with Crippen molar-refractivity contribution in [2.45, 2.75) is 6.42 Å². The van der Waals surface area contributed by atoms with E-state index in [1.807, 2.05) is 18.2 Å². The van der Waals surface area contributed by atoms with Crippen LogP contribution in [0.5, 0.6) is 0 Å². The van der Waals surface area contributed by atoms with Gasteiger partial charge in [-0.25, -0.2) is 0 Å². The van der Waals surface area contributed by atoms with E-state index in [9.17, 15) is 0 Å². The zero-order valence-electron chi connectivity index (χ0n) is 7.94. The smallest absolute Gasteiger partial charge is 0.163 e. The summed E-state index contributed by atoms with van der Waals surface area (Å²) in [4.78, 5) is 3.99. The number of aromatic nitrogens is 3. The molecule has 0 atom stereocenters. The Morgan fingerprint density at radius 3 is 3.07 bits per heavy atom. The second-order valence-electron chi connectivity index (χ2n) is 3.11. The fourth-order valence-corrected chi connectivity index (χ4v) is 1.35. The molecule has 0 radical (unpaired) electrons. The van der Waals surface area contributed by atoms with Gasteiger partial charge in [0.2, 0.25) is 0 Å². The number of rotatable bonds is 2. The van der Waals surface area contributed by atoms with Gasteiger partial charge in [0.15, 0.2) is 5.82 Å². The molecule has 0 bridgehead atoms. The van der Waals surface area contributed by atoms with Crippen molar-refractivity contribution in [2.24, 2.45) is 0 Å². The van der Waals surface area contributed by atoms with Gasteiger partial charge in [-0.15, -0.1) is 0 Å². The van der Waals surface area contributed by atoms with Crippen molar-refractivity contribution in [2.75, 3.05) is 5.73 Å². The first-order valence-corrected chi connectivity index (χ1v) is 4.43. The molecular formula is C10H9N5. The summed E-state index contributed by atoms with van der Waals surface area (Å²) in [6.07, 6.45) is 4.04. The largest absolute Gasteiger partial charge is 0.381 e. The minimum Gasteiger partial charge on any atom is -0.381 e. The maximum absolute atomic E-state index is 8.86. The van der Waals surface area contributed by atoms with Gasteiger partial charge in [0.1, 0.15) is 11.6 Å². The number of aromatic amines is 1. The van der Waals surface area contributed by atoms with E-state index in [1.165, 1.54) is 0 Å². The number of H-pyrrole nitrogens is 1. The Balaban J connectivity index is 2.30. The summed E-state index contributed by atoms with van der Waals surface area (Å²) in [6, 6.07) is 5.81. The van der Waals surface area contributed by atoms with E-state index in [0.717, 1.165) is 11.3 Å². The topological polar surface area (TPSA) is 91.4 Å². The third kappa shape index (κ3) is 1.79. The minimum atomic E-state index is 0.247. The fourth-order valence-electron chi connectivity index (χ4n) is 1.35. The van der Waals surface area contributed by atoms with Crippen LogP contribution in [-0.4, -0.2) is 15.2 Å². The van der Waals surface area contributed by atoms with E-state index >= 15 is 0 Å². The van der Waals surface area contributed by atoms with E-state index in [4.69, 9.17) is 11.0 Å². The van der Waals surface area contributed by atoms with Crippen LogP contribution in [0.15, 0.2) is 24.5 Å². The van der Waals surface area contributed by atoms with E-state index in [-0.39, 0.29) is 5.82 Å². The highest BCUT2D eigenvalue weighted by atomic mass is 15.2. The van der Waals surface area contributed by atoms with Crippen LogP contribution in [0.4, 0.5) is 5.82 Å². The predicted octanol–water partition coefficient (Wildman–Crippen LogP) is 0.849. The molecule has 0 spiro atoms. The van der Waals surface area contributed by atoms with E-state index in [1.54, 1.807) is 12.4 Å². The van der Waals surface area contributed by atoms with Crippen molar-refractivity contribution in [1.29, 1.82) is 5.26 Å². The molecule has 2 aromatic rings. The quantitative estimate of drug-likeness (QED) is 0.750. The zero-order chi connectivity index (χ0) is 10.7. The summed E-state index contributed by atoms with van der Waals surface area (Å²) in [5.74, 6) is 0.247. The number of hydrogen-bond acceptors (Lipinski definition) is 4. The first kappa shape index (κ1) is 9.21. The molecule has 0 saturated carbocycles. The molecule has 0 aliphatic rings. The number of nitrogens with two attached hydrogens (primary N) is 1. The maximum atomic E-state index is 8.86. The lowest BCUT2D eigenvalue weighted by Crippen LogP contribution is -1.93. The molecule has 0 unspecified atom stereocenters. The highest BCUT2D eigenvalue weighted by molar-refractivity contribution is 5.51. The predicted molar refractivity (Wildman–Crippen MR) is 54.8 cm³/mol. The molecule has 5 heteroatoms. The average Bonchev–Trinajstić information content (AvgIpc) is 2.61. The number of nitrogen functional groups attached to an aromatic ring is 1. The van der Waals surface area contributed by atoms with Gasteiger partial charge in [-0.1, -0.05) is 6.07 Å². The molecule has 0 amide bonds. The molecule has 2 rings (SSSR count). The Labute approximate surface area is 86.6 Å². The first-order chi connectivity index (χ1) is 7.31. The Morgan fingerprint density at radius 2 is 2.40 bits per heavy atom. The van der Waals surface area contributed by atoms with Crippen LogP contribution in [0.3, 0.4) is 0 Å². The summed E-state index contributed by atoms with van der Waals surface area (Å²) in [7, 11) is 0. The van der Waals surface area contributed by atoms with Gasteiger partial charge in [-0.2, -0.15) is 10.4 Å². The van der Waals surface area contributed by atoms with Crippen molar-refractivity contribution in [3.63, 3.8) is 0 Å². The summed E-state index contributed by atoms with van der Waals surface area (Å²) < 4.78 is 0. The monoisotopic (exact) mass is 199 g/mol. The Morgan fingerprint density at radius 1 is 1.53 bits per heavy atom. The molecule has 3 N–H and O–H groups in total. The lowest BCUT2D eigenvalue weighted by molar-refractivity contribution is 0.991. The van der Waals surface area contributed by atoms with Crippen LogP contribution in [-0.2, 0) is 6.42 Å². The number of hydrogen-bond donors (Lipinski definition) is 2. The number of nitrogens with one attached hydrogen (secondary N) is 1. The van der Waals surface area contributed by atoms with Crippen LogP contribution < -0.4 is 5.73 Å². The molecule has 74 valence electrons. The van der Waals surface area contributed by atoms with Crippen LogP contribution in [0, 0.1) is 11.3 Å². The second kappa shape index (κ2) is 3.80. The van der Waals surface area contributed by atoms with Crippen molar-refractivity contribution in [3.05, 3.63) is 41.3 Å². The number of nitriles is 1. The molecule has 0 aliphatic carbocycles. The molecule has 15 heavy (non-hydrogen) atoms. The van der Waals surface area contributed by atoms with Gasteiger partial charge in [0.25, 0.3) is 0 Å². The van der Waals surface area contributed by atoms with Crippen LogP contribution in [0.25, 0.3) is 0 Å². The van der Waals surface area contributed by atoms with Crippen molar-refractivity contribution in [3.8, 4) is 6.07 Å². The minimum absolute atomic E-state index is 0.247. The fraction of sp³-hybridized carbons (Fsp3) is 0.100. The highest BCUT2D eigenvalue weighted by Gasteiger charge is 2.10. The Kier molecular flexibility index (Phi) is 2.33. The van der Waals surface area contributed by atoms with E-state index < -0.39 is 0 Å². The first-order valence-electron chi connectivity index (χ1n) is 4.43. The van der Waals surface area contributed by atoms with Crippen LogP contribution in [0.2, 0.25) is 0 Å². The third-order valence-corrected chi connectivity index (χ3v) is 2.08. The normalized spacial score (nSPS) is 9.80. The number of pyridine rings is 1. The lowest BCUT2D eigenvalue weighted by atomic mass is 10.1. The van der Waals surface area contributed by atoms with Gasteiger partial charge in [0, 0.05) is 18.8 Å². The van der Waals surface area contributed by atoms with Gasteiger partial charge >= 0.3 is 0 Å². The van der Waals surface area contributed by atoms with Crippen LogP contribution >= 0.6 is 0 Å². The Hall–Kier alpha value is -2.35. The van der Waals surface area contributed by atoms with Gasteiger partial charge in [-0.3, -0.25) is 10.1 Å². The van der Waals surface area contributed by atoms with E-state index in [0.29, 0.717) is 12.0 Å². The SMILES string of the molecule is N#Cc1c(N)n[nH]c1Cc1cccnc1. The van der Waals surface area contributed by atoms with E-state index in [2.05, 4.69) is 15.2 Å². The zero-order valence-corrected chi connectivity index (χ0v) is 7.94. The molecule has 2 aromatic heterocycles. The number of nitrogens with zero attached hydrogens (tertiary/aromatic N) is 3. The summed E-state index contributed by atoms with van der Waals surface area (Å²) >= 11 is 0. The van der Waals surface area contributed by atoms with Crippen molar-refractivity contribution < 1.29 is 0 Å². The highest BCUT2D eigenvalue weighted by Crippen LogP contribution is 2.15. The molecule has 0 saturated heterocycles. The van der Waals surface area contributed by atoms with Gasteiger partial charge < -0.3 is 5.73 Å². The summed E-state index contributed by atoms with van der Waals surface area (Å²) in [6.45, 7) is 0. The average molecular weight is 199 g/mol. The molecule has 2 heterocycles. The maximum Gasteiger partial charge on any atom is 0.163 e. The standard InChI is InChI=1S/C10H9N5/c11-5-8-9(14-15-10(8)12)4-7-2-1-3-13-6-7/h1-3,6H,4H2,(H3,12,14,15). The van der Waals surface area contributed by atoms with Crippen LogP contribution in [0.1, 0.15) is 16.8 Å². The molecule has 0 aliphatic heterocycles. The molecular weight excluding hydrogens is 190 g/mol. The van der Waals surface area contributed by atoms with Crippen molar-refractivity contribution in [1.82, 2.24) is 15.2 Å². The third-order valence-electron chi connectivity index (χ3n) is 2.08.